The predicted octanol–water partition coefficient (Wildman–Crippen LogP) is 2.10. The number of carboxylic acids is 1. The first-order valence-corrected chi connectivity index (χ1v) is 8.26. The van der Waals surface area contributed by atoms with Crippen molar-refractivity contribution in [2.75, 3.05) is 18.0 Å². The van der Waals surface area contributed by atoms with Crippen molar-refractivity contribution in [1.29, 1.82) is 0 Å². The molecule has 1 aromatic carbocycles. The molecular weight excluding hydrogens is 364 g/mol. The van der Waals surface area contributed by atoms with Gasteiger partial charge in [0.1, 0.15) is 5.02 Å². The second kappa shape index (κ2) is 7.12. The van der Waals surface area contributed by atoms with Crippen LogP contribution in [0.1, 0.15) is 12.8 Å². The van der Waals surface area contributed by atoms with Crippen LogP contribution in [-0.4, -0.2) is 38.9 Å². The topological polar surface area (TPSA) is 119 Å². The number of anilines is 1. The number of hydrogen-bond acceptors (Lipinski definition) is 6. The van der Waals surface area contributed by atoms with Crippen LogP contribution in [0.3, 0.4) is 0 Å². The van der Waals surface area contributed by atoms with E-state index in [2.05, 4.69) is 5.10 Å². The lowest BCUT2D eigenvalue weighted by Crippen LogP contribution is -2.37. The van der Waals surface area contributed by atoms with Gasteiger partial charge in [0.15, 0.2) is 0 Å². The van der Waals surface area contributed by atoms with E-state index in [1.54, 1.807) is 0 Å². The monoisotopic (exact) mass is 378 g/mol. The van der Waals surface area contributed by atoms with Gasteiger partial charge in [-0.1, -0.05) is 11.6 Å². The number of carboxylic acid groups (broad SMARTS) is 1. The third-order valence-corrected chi connectivity index (χ3v) is 4.75. The highest BCUT2D eigenvalue weighted by molar-refractivity contribution is 6.33. The summed E-state index contributed by atoms with van der Waals surface area (Å²) in [5.74, 6) is -1.21. The molecule has 3 rings (SSSR count). The quantitative estimate of drug-likeness (QED) is 0.639. The summed E-state index contributed by atoms with van der Waals surface area (Å²) in [6.07, 6.45) is 2.39. The number of hydrogen-bond donors (Lipinski definition) is 1. The summed E-state index contributed by atoms with van der Waals surface area (Å²) in [7, 11) is 0. The predicted molar refractivity (Wildman–Crippen MR) is 94.1 cm³/mol. The first kappa shape index (κ1) is 17.9. The summed E-state index contributed by atoms with van der Waals surface area (Å²) >= 11 is 6.22. The SMILES string of the molecule is O=C(O)C1CCN(c2cnn(-c3ccc([N+](=O)[O-])cc3)c(=O)c2Cl)CC1. The van der Waals surface area contributed by atoms with Gasteiger partial charge in [0.25, 0.3) is 11.2 Å². The molecule has 0 radical (unpaired) electrons. The van der Waals surface area contributed by atoms with E-state index in [1.807, 2.05) is 4.90 Å². The number of piperidine rings is 1. The Balaban J connectivity index is 1.86. The van der Waals surface area contributed by atoms with Crippen LogP contribution < -0.4 is 10.5 Å². The maximum Gasteiger partial charge on any atom is 0.306 e. The molecule has 136 valence electrons. The number of halogens is 1. The van der Waals surface area contributed by atoms with Crippen molar-refractivity contribution in [3.8, 4) is 5.69 Å². The molecule has 0 unspecified atom stereocenters. The van der Waals surface area contributed by atoms with E-state index in [4.69, 9.17) is 16.7 Å². The normalized spacial score (nSPS) is 15.0. The Hall–Kier alpha value is -2.94. The van der Waals surface area contributed by atoms with Gasteiger partial charge in [-0.05, 0) is 25.0 Å². The Morgan fingerprint density at radius 1 is 1.27 bits per heavy atom. The van der Waals surface area contributed by atoms with E-state index in [0.717, 1.165) is 4.68 Å². The lowest BCUT2D eigenvalue weighted by molar-refractivity contribution is -0.384. The number of nitro groups is 1. The van der Waals surface area contributed by atoms with Gasteiger partial charge in [0.05, 0.1) is 28.4 Å². The molecule has 2 heterocycles. The molecule has 1 saturated heterocycles. The van der Waals surface area contributed by atoms with Gasteiger partial charge >= 0.3 is 5.97 Å². The van der Waals surface area contributed by atoms with Gasteiger partial charge in [-0.25, -0.2) is 0 Å². The van der Waals surface area contributed by atoms with Gasteiger partial charge in [0, 0.05) is 25.2 Å². The fraction of sp³-hybridized carbons (Fsp3) is 0.312. The van der Waals surface area contributed by atoms with Crippen LogP contribution in [0.5, 0.6) is 0 Å². The molecule has 10 heteroatoms. The van der Waals surface area contributed by atoms with Crippen LogP contribution in [-0.2, 0) is 4.79 Å². The molecule has 0 bridgehead atoms. The zero-order valence-electron chi connectivity index (χ0n) is 13.5. The zero-order chi connectivity index (χ0) is 18.8. The molecule has 2 aromatic rings. The van der Waals surface area contributed by atoms with Crippen LogP contribution in [0.2, 0.25) is 5.02 Å². The highest BCUT2D eigenvalue weighted by Crippen LogP contribution is 2.27. The van der Waals surface area contributed by atoms with Gasteiger partial charge in [-0.15, -0.1) is 0 Å². The Morgan fingerprint density at radius 3 is 2.42 bits per heavy atom. The number of aliphatic carboxylic acids is 1. The Kier molecular flexibility index (Phi) is 4.90. The highest BCUT2D eigenvalue weighted by atomic mass is 35.5. The van der Waals surface area contributed by atoms with Crippen LogP contribution in [0.25, 0.3) is 5.69 Å². The first-order valence-electron chi connectivity index (χ1n) is 7.89. The van der Waals surface area contributed by atoms with E-state index < -0.39 is 22.4 Å². The molecule has 1 aliphatic rings. The number of rotatable bonds is 4. The molecule has 0 atom stereocenters. The second-order valence-electron chi connectivity index (χ2n) is 5.93. The molecule has 9 nitrogen and oxygen atoms in total. The molecule has 1 N–H and O–H groups in total. The van der Waals surface area contributed by atoms with Gasteiger partial charge in [-0.3, -0.25) is 19.7 Å². The minimum atomic E-state index is -0.817. The molecular formula is C16H15ClN4O5. The fourth-order valence-corrected chi connectivity index (χ4v) is 3.16. The van der Waals surface area contributed by atoms with Crippen molar-refractivity contribution in [3.63, 3.8) is 0 Å². The van der Waals surface area contributed by atoms with E-state index in [1.165, 1.54) is 30.5 Å². The largest absolute Gasteiger partial charge is 0.481 e. The Morgan fingerprint density at radius 2 is 1.88 bits per heavy atom. The fourth-order valence-electron chi connectivity index (χ4n) is 2.91. The standard InChI is InChI=1S/C16H15ClN4O5/c17-14-13(19-7-5-10(6-8-19)16(23)24)9-18-20(15(14)22)11-1-3-12(4-2-11)21(25)26/h1-4,9-10H,5-8H2,(H,23,24). The maximum atomic E-state index is 12.5. The smallest absolute Gasteiger partial charge is 0.306 e. The van der Waals surface area contributed by atoms with Crippen molar-refractivity contribution >= 4 is 28.9 Å². The molecule has 0 amide bonds. The van der Waals surface area contributed by atoms with E-state index >= 15 is 0 Å². The average Bonchev–Trinajstić information content (AvgIpc) is 2.64. The maximum absolute atomic E-state index is 12.5. The van der Waals surface area contributed by atoms with Crippen LogP contribution in [0.4, 0.5) is 11.4 Å². The molecule has 26 heavy (non-hydrogen) atoms. The Bertz CT molecular complexity index is 904. The van der Waals surface area contributed by atoms with Crippen molar-refractivity contribution in [1.82, 2.24) is 9.78 Å². The summed E-state index contributed by atoms with van der Waals surface area (Å²) in [5, 5.41) is 23.9. The lowest BCUT2D eigenvalue weighted by Gasteiger charge is -2.32. The third kappa shape index (κ3) is 3.38. The van der Waals surface area contributed by atoms with Crippen LogP contribution in [0, 0.1) is 16.0 Å². The van der Waals surface area contributed by atoms with Crippen molar-refractivity contribution in [2.24, 2.45) is 5.92 Å². The number of carbonyl (C=O) groups is 1. The number of aromatic nitrogens is 2. The molecule has 1 aliphatic heterocycles. The molecule has 1 aromatic heterocycles. The number of benzene rings is 1. The highest BCUT2D eigenvalue weighted by Gasteiger charge is 2.26. The summed E-state index contributed by atoms with van der Waals surface area (Å²) in [6.45, 7) is 0.943. The zero-order valence-corrected chi connectivity index (χ0v) is 14.3. The summed E-state index contributed by atoms with van der Waals surface area (Å²) in [6, 6.07) is 5.39. The van der Waals surface area contributed by atoms with Gasteiger partial charge in [-0.2, -0.15) is 9.78 Å². The summed E-state index contributed by atoms with van der Waals surface area (Å²) in [4.78, 5) is 35.6. The summed E-state index contributed by atoms with van der Waals surface area (Å²) < 4.78 is 1.07. The molecule has 0 saturated carbocycles. The second-order valence-corrected chi connectivity index (χ2v) is 6.31. The van der Waals surface area contributed by atoms with E-state index in [9.17, 15) is 19.7 Å². The minimum Gasteiger partial charge on any atom is -0.481 e. The third-order valence-electron chi connectivity index (χ3n) is 4.39. The van der Waals surface area contributed by atoms with Crippen molar-refractivity contribution < 1.29 is 14.8 Å². The minimum absolute atomic E-state index is 0.0212. The summed E-state index contributed by atoms with van der Waals surface area (Å²) in [5.41, 5.74) is 0.182. The van der Waals surface area contributed by atoms with Crippen molar-refractivity contribution in [2.45, 2.75) is 12.8 Å². The van der Waals surface area contributed by atoms with Crippen molar-refractivity contribution in [3.05, 3.63) is 56.0 Å². The van der Waals surface area contributed by atoms with Gasteiger partial charge in [0.2, 0.25) is 0 Å². The van der Waals surface area contributed by atoms with Gasteiger partial charge < -0.3 is 10.0 Å². The number of non-ortho nitro benzene ring substituents is 1. The number of nitrogens with zero attached hydrogens (tertiary/aromatic N) is 4. The van der Waals surface area contributed by atoms with Crippen LogP contribution in [0.15, 0.2) is 35.3 Å². The number of nitro benzene ring substituents is 1. The molecule has 0 aliphatic carbocycles. The molecule has 0 spiro atoms. The average molecular weight is 379 g/mol. The van der Waals surface area contributed by atoms with Crippen LogP contribution >= 0.6 is 11.6 Å². The Labute approximate surface area is 152 Å². The molecule has 1 fully saturated rings. The first-order chi connectivity index (χ1) is 12.4. The van der Waals surface area contributed by atoms with E-state index in [-0.39, 0.29) is 10.7 Å². The lowest BCUT2D eigenvalue weighted by atomic mass is 9.97. The van der Waals surface area contributed by atoms with E-state index in [0.29, 0.717) is 37.3 Å².